The van der Waals surface area contributed by atoms with Gasteiger partial charge in [-0.3, -0.25) is 9.69 Å². The van der Waals surface area contributed by atoms with Crippen LogP contribution in [0.15, 0.2) is 10.6 Å². The number of carbonyl (C=O) groups excluding carboxylic acids is 1. The zero-order chi connectivity index (χ0) is 15.9. The van der Waals surface area contributed by atoms with Crippen LogP contribution in [0.3, 0.4) is 0 Å². The minimum atomic E-state index is -0.837. The number of aliphatic hydroxyl groups is 1. The number of β-amino-alcohol motifs (C(OH)–C–C–N with tert-alkyl or cyclic N) is 1. The largest absolute Gasteiger partial charge is 0.387 e. The van der Waals surface area contributed by atoms with E-state index in [0.29, 0.717) is 50.9 Å². The molecule has 3 heterocycles. The summed E-state index contributed by atoms with van der Waals surface area (Å²) >= 11 is 0. The summed E-state index contributed by atoms with van der Waals surface area (Å²) in [6.07, 6.45) is 2.83. The van der Waals surface area contributed by atoms with E-state index in [4.69, 9.17) is 9.26 Å². The summed E-state index contributed by atoms with van der Waals surface area (Å²) in [6, 6.07) is 1.76. The summed E-state index contributed by atoms with van der Waals surface area (Å²) < 4.78 is 10.6. The van der Waals surface area contributed by atoms with Gasteiger partial charge in [-0.1, -0.05) is 5.16 Å². The number of morpholine rings is 1. The van der Waals surface area contributed by atoms with Crippen LogP contribution in [0.2, 0.25) is 0 Å². The van der Waals surface area contributed by atoms with Crippen molar-refractivity contribution in [2.24, 2.45) is 0 Å². The van der Waals surface area contributed by atoms with Gasteiger partial charge in [0.05, 0.1) is 25.4 Å². The van der Waals surface area contributed by atoms with Crippen LogP contribution in [-0.2, 0) is 4.74 Å². The van der Waals surface area contributed by atoms with E-state index in [2.05, 4.69) is 10.1 Å². The summed E-state index contributed by atoms with van der Waals surface area (Å²) in [5, 5.41) is 14.7. The fourth-order valence-electron chi connectivity index (χ4n) is 3.45. The number of likely N-dealkylation sites (tertiary alicyclic amines) is 1. The Morgan fingerprint density at radius 2 is 2.13 bits per heavy atom. The number of hydrogen-bond acceptors (Lipinski definition) is 6. The summed E-state index contributed by atoms with van der Waals surface area (Å²) in [7, 11) is 0. The minimum absolute atomic E-state index is 0.140. The van der Waals surface area contributed by atoms with Crippen molar-refractivity contribution in [1.29, 1.82) is 0 Å². The molecule has 7 heteroatoms. The average Bonchev–Trinajstić information content (AvgIpc) is 3.16. The van der Waals surface area contributed by atoms with Gasteiger partial charge in [0.25, 0.3) is 5.91 Å². The van der Waals surface area contributed by atoms with Gasteiger partial charge in [-0.15, -0.1) is 0 Å². The maximum Gasteiger partial charge on any atom is 0.276 e. The fraction of sp³-hybridized carbons (Fsp3) is 0.750. The molecule has 4 rings (SSSR count). The first-order valence-electron chi connectivity index (χ1n) is 8.41. The number of nitrogens with zero attached hydrogens (tertiary/aromatic N) is 3. The van der Waals surface area contributed by atoms with Gasteiger partial charge in [0.15, 0.2) is 5.69 Å². The molecule has 0 bridgehead atoms. The van der Waals surface area contributed by atoms with Crippen molar-refractivity contribution in [1.82, 2.24) is 15.0 Å². The maximum absolute atomic E-state index is 12.5. The maximum atomic E-state index is 12.5. The third-order valence-corrected chi connectivity index (χ3v) is 4.97. The van der Waals surface area contributed by atoms with Gasteiger partial charge >= 0.3 is 0 Å². The van der Waals surface area contributed by atoms with Crippen LogP contribution in [0, 0.1) is 0 Å². The summed E-state index contributed by atoms with van der Waals surface area (Å²) in [6.45, 7) is 4.60. The second-order valence-corrected chi connectivity index (χ2v) is 6.98. The number of ether oxygens (including phenoxy) is 1. The monoisotopic (exact) mass is 321 g/mol. The highest BCUT2D eigenvalue weighted by atomic mass is 16.5. The van der Waals surface area contributed by atoms with E-state index < -0.39 is 5.60 Å². The number of hydrogen-bond donors (Lipinski definition) is 1. The molecule has 0 unspecified atom stereocenters. The smallest absolute Gasteiger partial charge is 0.276 e. The molecule has 1 aromatic heterocycles. The normalized spacial score (nSPS) is 29.2. The van der Waals surface area contributed by atoms with Crippen molar-refractivity contribution in [2.75, 3.05) is 45.9 Å². The molecule has 126 valence electrons. The zero-order valence-electron chi connectivity index (χ0n) is 13.2. The Morgan fingerprint density at radius 3 is 2.87 bits per heavy atom. The van der Waals surface area contributed by atoms with E-state index in [-0.39, 0.29) is 5.91 Å². The Balaban J connectivity index is 1.37. The van der Waals surface area contributed by atoms with Crippen molar-refractivity contribution < 1.29 is 19.2 Å². The molecule has 2 saturated heterocycles. The lowest BCUT2D eigenvalue weighted by Crippen LogP contribution is -2.49. The first kappa shape index (κ1) is 15.1. The third kappa shape index (κ3) is 3.27. The second kappa shape index (κ2) is 5.89. The van der Waals surface area contributed by atoms with Crippen LogP contribution >= 0.6 is 0 Å². The van der Waals surface area contributed by atoms with Gasteiger partial charge in [-0.05, 0) is 19.3 Å². The molecule has 0 radical (unpaired) electrons. The number of aromatic nitrogens is 1. The van der Waals surface area contributed by atoms with Crippen molar-refractivity contribution in [3.8, 4) is 0 Å². The Bertz CT molecular complexity index is 580. The molecule has 1 saturated carbocycles. The zero-order valence-corrected chi connectivity index (χ0v) is 13.2. The van der Waals surface area contributed by atoms with Crippen LogP contribution in [-0.4, -0.2) is 77.5 Å². The molecule has 3 fully saturated rings. The summed E-state index contributed by atoms with van der Waals surface area (Å²) in [4.78, 5) is 16.4. The van der Waals surface area contributed by atoms with E-state index in [0.717, 1.165) is 31.7 Å². The molecular weight excluding hydrogens is 298 g/mol. The molecule has 0 spiro atoms. The standard InChI is InChI=1S/C16H23N3O4/c20-15(13-9-14(23-17-13)12-1-2-12)19-4-3-16(21,11-19)10-18-5-7-22-8-6-18/h9,12,21H,1-8,10-11H2/t16-/m0/s1. The van der Waals surface area contributed by atoms with Crippen molar-refractivity contribution in [2.45, 2.75) is 30.8 Å². The lowest BCUT2D eigenvalue weighted by Gasteiger charge is -2.33. The van der Waals surface area contributed by atoms with Crippen LogP contribution in [0.4, 0.5) is 0 Å². The third-order valence-electron chi connectivity index (χ3n) is 4.97. The van der Waals surface area contributed by atoms with Gasteiger partial charge in [-0.25, -0.2) is 0 Å². The van der Waals surface area contributed by atoms with Gasteiger partial charge < -0.3 is 19.3 Å². The molecule has 3 aliphatic rings. The fourth-order valence-corrected chi connectivity index (χ4v) is 3.45. The summed E-state index contributed by atoms with van der Waals surface area (Å²) in [5.41, 5.74) is -0.474. The quantitative estimate of drug-likeness (QED) is 0.868. The predicted octanol–water partition coefficient (Wildman–Crippen LogP) is 0.461. The second-order valence-electron chi connectivity index (χ2n) is 6.98. The van der Waals surface area contributed by atoms with E-state index in [1.807, 2.05) is 0 Å². The van der Waals surface area contributed by atoms with Gasteiger partial charge in [0, 0.05) is 38.2 Å². The molecule has 1 aromatic rings. The van der Waals surface area contributed by atoms with Crippen molar-refractivity contribution in [3.05, 3.63) is 17.5 Å². The predicted molar refractivity (Wildman–Crippen MR) is 81.2 cm³/mol. The van der Waals surface area contributed by atoms with E-state index in [9.17, 15) is 9.90 Å². The van der Waals surface area contributed by atoms with Crippen LogP contribution in [0.5, 0.6) is 0 Å². The van der Waals surface area contributed by atoms with E-state index in [1.54, 1.807) is 11.0 Å². The highest BCUT2D eigenvalue weighted by Gasteiger charge is 2.40. The van der Waals surface area contributed by atoms with Gasteiger partial charge in [-0.2, -0.15) is 0 Å². The molecule has 0 aromatic carbocycles. The topological polar surface area (TPSA) is 79.0 Å². The SMILES string of the molecule is O=C(c1cc(C2CC2)on1)N1CC[C@](O)(CN2CCOCC2)C1. The van der Waals surface area contributed by atoms with Gasteiger partial charge in [0.2, 0.25) is 0 Å². The van der Waals surface area contributed by atoms with Crippen LogP contribution in [0.25, 0.3) is 0 Å². The molecule has 1 N–H and O–H groups in total. The Hall–Kier alpha value is -1.44. The highest BCUT2D eigenvalue weighted by molar-refractivity contribution is 5.92. The van der Waals surface area contributed by atoms with Crippen molar-refractivity contribution in [3.63, 3.8) is 0 Å². The molecule has 1 atom stereocenters. The highest BCUT2D eigenvalue weighted by Crippen LogP contribution is 2.40. The Kier molecular flexibility index (Phi) is 3.87. The van der Waals surface area contributed by atoms with E-state index in [1.165, 1.54) is 0 Å². The number of rotatable bonds is 4. The molecular formula is C16H23N3O4. The van der Waals surface area contributed by atoms with Crippen molar-refractivity contribution >= 4 is 5.91 Å². The lowest BCUT2D eigenvalue weighted by molar-refractivity contribution is -0.0257. The van der Waals surface area contributed by atoms with Gasteiger partial charge in [0.1, 0.15) is 5.76 Å². The Labute approximate surface area is 135 Å². The van der Waals surface area contributed by atoms with E-state index >= 15 is 0 Å². The minimum Gasteiger partial charge on any atom is -0.387 e. The lowest BCUT2D eigenvalue weighted by atomic mass is 10.0. The molecule has 23 heavy (non-hydrogen) atoms. The molecule has 1 aliphatic carbocycles. The molecule has 1 amide bonds. The van der Waals surface area contributed by atoms with Crippen LogP contribution < -0.4 is 0 Å². The first-order valence-corrected chi connectivity index (χ1v) is 8.41. The number of carbonyl (C=O) groups is 1. The average molecular weight is 321 g/mol. The first-order chi connectivity index (χ1) is 11.1. The van der Waals surface area contributed by atoms with Crippen LogP contribution in [0.1, 0.15) is 41.4 Å². The number of amides is 1. The molecule has 7 nitrogen and oxygen atoms in total. The Morgan fingerprint density at radius 1 is 1.35 bits per heavy atom. The summed E-state index contributed by atoms with van der Waals surface area (Å²) in [5.74, 6) is 1.12. The molecule has 2 aliphatic heterocycles.